The molecule has 116 valence electrons. The van der Waals surface area contributed by atoms with Crippen LogP contribution in [0.15, 0.2) is 30.5 Å². The molecule has 0 fully saturated rings. The van der Waals surface area contributed by atoms with Gasteiger partial charge in [0.1, 0.15) is 5.82 Å². The third kappa shape index (κ3) is 2.19. The zero-order valence-electron chi connectivity index (χ0n) is 12.9. The second-order valence-electron chi connectivity index (χ2n) is 5.41. The molecule has 0 unspecified atom stereocenters. The molecule has 1 aliphatic rings. The summed E-state index contributed by atoms with van der Waals surface area (Å²) in [7, 11) is 1.99. The van der Waals surface area contributed by atoms with Crippen LogP contribution in [0.5, 0.6) is 0 Å². The average molecular weight is 308 g/mol. The van der Waals surface area contributed by atoms with Gasteiger partial charge in [-0.05, 0) is 29.0 Å². The third-order valence-electron chi connectivity index (χ3n) is 3.77. The van der Waals surface area contributed by atoms with Gasteiger partial charge in [-0.1, -0.05) is 19.1 Å². The Bertz CT molecular complexity index is 856. The second-order valence-corrected chi connectivity index (χ2v) is 5.41. The average Bonchev–Trinajstić information content (AvgIpc) is 3.00. The fourth-order valence-electron chi connectivity index (χ4n) is 2.66. The molecule has 1 aromatic carbocycles. The molecule has 0 aliphatic carbocycles. The maximum absolute atomic E-state index is 4.66. The maximum atomic E-state index is 4.66. The van der Waals surface area contributed by atoms with Crippen molar-refractivity contribution in [3.8, 4) is 17.1 Å². The Hall–Kier alpha value is -3.03. The highest BCUT2D eigenvalue weighted by molar-refractivity contribution is 5.81. The first-order chi connectivity index (χ1) is 11.3. The van der Waals surface area contributed by atoms with Gasteiger partial charge in [0.15, 0.2) is 5.82 Å². The van der Waals surface area contributed by atoms with Crippen molar-refractivity contribution in [3.63, 3.8) is 0 Å². The van der Waals surface area contributed by atoms with E-state index < -0.39 is 0 Å². The number of benzene rings is 1. The largest absolute Gasteiger partial charge is 0.344 e. The van der Waals surface area contributed by atoms with E-state index in [-0.39, 0.29) is 0 Å². The van der Waals surface area contributed by atoms with Gasteiger partial charge in [0.25, 0.3) is 0 Å². The molecule has 0 amide bonds. The number of aromatic nitrogens is 6. The molecular formula is C15H16N8. The highest BCUT2D eigenvalue weighted by atomic mass is 15.5. The van der Waals surface area contributed by atoms with Crippen molar-refractivity contribution >= 4 is 17.5 Å². The minimum Gasteiger partial charge on any atom is -0.344 e. The van der Waals surface area contributed by atoms with Gasteiger partial charge < -0.3 is 10.2 Å². The molecule has 8 nitrogen and oxygen atoms in total. The molecule has 0 spiro atoms. The van der Waals surface area contributed by atoms with Gasteiger partial charge in [0.2, 0.25) is 5.95 Å². The van der Waals surface area contributed by atoms with E-state index in [1.165, 1.54) is 0 Å². The standard InChI is InChI=1S/C15H16N8/c1-3-8-22(2)15-16-9-10-13(18-15)17-11-6-4-5-7-12(11)23-14(10)19-20-21-23/h4-7,9H,3,8H2,1-2H3,(H,16,17,18). The molecule has 0 saturated heterocycles. The van der Waals surface area contributed by atoms with Crippen molar-refractivity contribution in [1.29, 1.82) is 0 Å². The second kappa shape index (κ2) is 5.31. The van der Waals surface area contributed by atoms with Gasteiger partial charge in [-0.2, -0.15) is 9.67 Å². The van der Waals surface area contributed by atoms with Gasteiger partial charge in [-0.25, -0.2) is 4.98 Å². The van der Waals surface area contributed by atoms with E-state index in [2.05, 4.69) is 37.7 Å². The van der Waals surface area contributed by atoms with Crippen LogP contribution in [-0.4, -0.2) is 43.8 Å². The normalized spacial score (nSPS) is 11.7. The van der Waals surface area contributed by atoms with Gasteiger partial charge >= 0.3 is 0 Å². The van der Waals surface area contributed by atoms with Crippen LogP contribution in [-0.2, 0) is 0 Å². The molecule has 3 aromatic rings. The molecule has 0 bridgehead atoms. The molecule has 23 heavy (non-hydrogen) atoms. The van der Waals surface area contributed by atoms with Crippen LogP contribution >= 0.6 is 0 Å². The zero-order chi connectivity index (χ0) is 15.8. The van der Waals surface area contributed by atoms with Gasteiger partial charge in [-0.3, -0.25) is 0 Å². The molecule has 0 saturated carbocycles. The summed E-state index contributed by atoms with van der Waals surface area (Å²) in [5.41, 5.74) is 2.57. The van der Waals surface area contributed by atoms with Crippen molar-refractivity contribution in [2.24, 2.45) is 0 Å². The number of para-hydroxylation sites is 2. The lowest BCUT2D eigenvalue weighted by Gasteiger charge is -2.17. The summed E-state index contributed by atoms with van der Waals surface area (Å²) < 4.78 is 1.70. The molecule has 2 aromatic heterocycles. The monoisotopic (exact) mass is 308 g/mol. The predicted octanol–water partition coefficient (Wildman–Crippen LogP) is 2.02. The van der Waals surface area contributed by atoms with Crippen molar-refractivity contribution in [3.05, 3.63) is 30.5 Å². The van der Waals surface area contributed by atoms with Crippen LogP contribution in [0.4, 0.5) is 17.5 Å². The lowest BCUT2D eigenvalue weighted by molar-refractivity contribution is 0.793. The first-order valence-corrected chi connectivity index (χ1v) is 7.51. The smallest absolute Gasteiger partial charge is 0.227 e. The Morgan fingerprint density at radius 1 is 1.26 bits per heavy atom. The van der Waals surface area contributed by atoms with Crippen LogP contribution < -0.4 is 10.2 Å². The van der Waals surface area contributed by atoms with E-state index in [1.807, 2.05) is 36.2 Å². The summed E-state index contributed by atoms with van der Waals surface area (Å²) in [6.07, 6.45) is 2.80. The maximum Gasteiger partial charge on any atom is 0.227 e. The van der Waals surface area contributed by atoms with Crippen LogP contribution in [0.1, 0.15) is 13.3 Å². The van der Waals surface area contributed by atoms with Gasteiger partial charge in [0, 0.05) is 19.8 Å². The molecule has 3 heterocycles. The first kappa shape index (κ1) is 13.6. The quantitative estimate of drug-likeness (QED) is 0.619. The molecular weight excluding hydrogens is 292 g/mol. The van der Waals surface area contributed by atoms with E-state index in [9.17, 15) is 0 Å². The van der Waals surface area contributed by atoms with Crippen molar-refractivity contribution in [1.82, 2.24) is 30.2 Å². The molecule has 8 heteroatoms. The number of hydrogen-bond acceptors (Lipinski definition) is 7. The van der Waals surface area contributed by atoms with E-state index in [0.29, 0.717) is 17.6 Å². The Balaban J connectivity index is 1.89. The number of tetrazole rings is 1. The number of nitrogens with one attached hydrogen (secondary N) is 1. The molecule has 4 rings (SSSR count). The van der Waals surface area contributed by atoms with E-state index in [1.54, 1.807) is 10.9 Å². The number of anilines is 3. The Morgan fingerprint density at radius 3 is 3.00 bits per heavy atom. The SMILES string of the molecule is CCCN(C)c1ncc2c(n1)Nc1ccccc1-n1nnnc1-2. The highest BCUT2D eigenvalue weighted by Crippen LogP contribution is 2.35. The summed E-state index contributed by atoms with van der Waals surface area (Å²) in [4.78, 5) is 11.2. The fourth-order valence-corrected chi connectivity index (χ4v) is 2.66. The highest BCUT2D eigenvalue weighted by Gasteiger charge is 2.23. The van der Waals surface area contributed by atoms with E-state index in [0.717, 1.165) is 29.9 Å². The summed E-state index contributed by atoms with van der Waals surface area (Å²) in [6.45, 7) is 3.02. The van der Waals surface area contributed by atoms with Crippen molar-refractivity contribution in [2.45, 2.75) is 13.3 Å². The molecule has 1 N–H and O–H groups in total. The zero-order valence-corrected chi connectivity index (χ0v) is 12.9. The minimum absolute atomic E-state index is 0.627. The predicted molar refractivity (Wildman–Crippen MR) is 87.0 cm³/mol. The van der Waals surface area contributed by atoms with Gasteiger partial charge in [-0.15, -0.1) is 5.10 Å². The number of hydrogen-bond donors (Lipinski definition) is 1. The fraction of sp³-hybridized carbons (Fsp3) is 0.267. The molecule has 0 radical (unpaired) electrons. The molecule has 0 atom stereocenters. The van der Waals surface area contributed by atoms with E-state index in [4.69, 9.17) is 0 Å². The minimum atomic E-state index is 0.627. The Labute approximate surface area is 133 Å². The van der Waals surface area contributed by atoms with E-state index >= 15 is 0 Å². The number of fused-ring (bicyclic) bond motifs is 5. The number of rotatable bonds is 3. The van der Waals surface area contributed by atoms with Crippen LogP contribution in [0.2, 0.25) is 0 Å². The Kier molecular flexibility index (Phi) is 3.14. The molecule has 1 aliphatic heterocycles. The summed E-state index contributed by atoms with van der Waals surface area (Å²) in [5, 5.41) is 15.4. The summed E-state index contributed by atoms with van der Waals surface area (Å²) >= 11 is 0. The topological polar surface area (TPSA) is 84.7 Å². The van der Waals surface area contributed by atoms with Crippen molar-refractivity contribution in [2.75, 3.05) is 23.8 Å². The lowest BCUT2D eigenvalue weighted by Crippen LogP contribution is -2.20. The van der Waals surface area contributed by atoms with Crippen LogP contribution in [0, 0.1) is 0 Å². The first-order valence-electron chi connectivity index (χ1n) is 7.51. The van der Waals surface area contributed by atoms with Gasteiger partial charge in [0.05, 0.1) is 16.9 Å². The lowest BCUT2D eigenvalue weighted by atomic mass is 10.2. The summed E-state index contributed by atoms with van der Waals surface area (Å²) in [6, 6.07) is 7.86. The van der Waals surface area contributed by atoms with Crippen molar-refractivity contribution < 1.29 is 0 Å². The van der Waals surface area contributed by atoms with Crippen LogP contribution in [0.3, 0.4) is 0 Å². The number of nitrogens with zero attached hydrogens (tertiary/aromatic N) is 7. The third-order valence-corrected chi connectivity index (χ3v) is 3.77. The van der Waals surface area contributed by atoms with Crippen LogP contribution in [0.25, 0.3) is 17.1 Å². The summed E-state index contributed by atoms with van der Waals surface area (Å²) in [5.74, 6) is 2.01. The Morgan fingerprint density at radius 2 is 2.13 bits per heavy atom.